The van der Waals surface area contributed by atoms with Crippen molar-refractivity contribution in [2.24, 2.45) is 10.2 Å². The Morgan fingerprint density at radius 2 is 1.81 bits per heavy atom. The smallest absolute Gasteiger partial charge is 0.292 e. The van der Waals surface area contributed by atoms with Crippen molar-refractivity contribution in [1.29, 1.82) is 0 Å². The van der Waals surface area contributed by atoms with Crippen molar-refractivity contribution in [2.75, 3.05) is 0 Å². The molecule has 0 radical (unpaired) electrons. The molecule has 26 heavy (non-hydrogen) atoms. The van der Waals surface area contributed by atoms with E-state index in [1.165, 1.54) is 31.2 Å². The fourth-order valence-corrected chi connectivity index (χ4v) is 2.30. The minimum absolute atomic E-state index is 0.0343. The van der Waals surface area contributed by atoms with E-state index in [9.17, 15) is 19.7 Å². The van der Waals surface area contributed by atoms with Crippen LogP contribution in [0, 0.1) is 10.1 Å². The number of Topliss-reactive ketones (excluding diaryl/α,β-unsaturated/α-hetero) is 1. The topological polar surface area (TPSA) is 134 Å². The lowest BCUT2D eigenvalue weighted by Gasteiger charge is -1.99. The average Bonchev–Trinajstić information content (AvgIpc) is 3.01. The zero-order valence-corrected chi connectivity index (χ0v) is 13.6. The van der Waals surface area contributed by atoms with Crippen molar-refractivity contribution < 1.29 is 9.72 Å². The number of aromatic nitrogens is 2. The number of hydrogen-bond donors (Lipinski definition) is 2. The van der Waals surface area contributed by atoms with Crippen LogP contribution in [0.25, 0.3) is 11.3 Å². The predicted octanol–water partition coefficient (Wildman–Crippen LogP) is 3.90. The maximum atomic E-state index is 12.0. The van der Waals surface area contributed by atoms with E-state index in [2.05, 4.69) is 20.4 Å². The molecule has 3 aromatic rings. The molecule has 0 amide bonds. The number of carbonyl (C=O) groups is 1. The third-order valence-corrected chi connectivity index (χ3v) is 3.64. The minimum atomic E-state index is -0.508. The van der Waals surface area contributed by atoms with Crippen LogP contribution in [0.2, 0.25) is 0 Å². The van der Waals surface area contributed by atoms with Gasteiger partial charge < -0.3 is 0 Å². The number of nitro groups is 1. The van der Waals surface area contributed by atoms with E-state index in [0.717, 1.165) is 0 Å². The Balaban J connectivity index is 1.95. The van der Waals surface area contributed by atoms with Crippen LogP contribution in [-0.2, 0) is 0 Å². The Bertz CT molecular complexity index is 1060. The van der Waals surface area contributed by atoms with Gasteiger partial charge >= 0.3 is 0 Å². The number of benzene rings is 2. The number of nitro benzene ring substituents is 1. The first kappa shape index (κ1) is 17.0. The van der Waals surface area contributed by atoms with E-state index in [4.69, 9.17) is 0 Å². The number of non-ortho nitro benzene ring substituents is 1. The maximum Gasteiger partial charge on any atom is 0.292 e. The van der Waals surface area contributed by atoms with E-state index in [1.807, 2.05) is 0 Å². The molecule has 2 N–H and O–H groups in total. The molecule has 9 heteroatoms. The van der Waals surface area contributed by atoms with Crippen molar-refractivity contribution in [3.05, 3.63) is 74.6 Å². The van der Waals surface area contributed by atoms with Gasteiger partial charge in [0.05, 0.1) is 16.3 Å². The molecule has 0 atom stereocenters. The molecule has 0 saturated carbocycles. The first-order chi connectivity index (χ1) is 12.5. The number of H-pyrrole nitrogens is 2. The maximum absolute atomic E-state index is 12.0. The highest BCUT2D eigenvalue weighted by Gasteiger charge is 2.13. The third-order valence-electron chi connectivity index (χ3n) is 3.64. The molecule has 0 unspecified atom stereocenters. The highest BCUT2D eigenvalue weighted by molar-refractivity contribution is 5.94. The molecular weight excluding hydrogens is 338 g/mol. The van der Waals surface area contributed by atoms with Crippen LogP contribution in [0.4, 0.5) is 17.1 Å². The van der Waals surface area contributed by atoms with Crippen molar-refractivity contribution >= 4 is 22.8 Å². The summed E-state index contributed by atoms with van der Waals surface area (Å²) in [6.07, 6.45) is 0. The fraction of sp³-hybridized carbons (Fsp3) is 0.0588. The minimum Gasteiger partial charge on any atom is -0.295 e. The number of carbonyl (C=O) groups excluding carboxylic acids is 1. The van der Waals surface area contributed by atoms with Gasteiger partial charge in [0, 0.05) is 23.3 Å². The van der Waals surface area contributed by atoms with E-state index in [-0.39, 0.29) is 17.2 Å². The van der Waals surface area contributed by atoms with Gasteiger partial charge in [-0.15, -0.1) is 5.11 Å². The molecular formula is C17H13N5O4. The summed E-state index contributed by atoms with van der Waals surface area (Å²) in [6.45, 7) is 1.44. The molecule has 0 aliphatic heterocycles. The quantitative estimate of drug-likeness (QED) is 0.312. The van der Waals surface area contributed by atoms with Crippen molar-refractivity contribution in [3.8, 4) is 11.3 Å². The summed E-state index contributed by atoms with van der Waals surface area (Å²) in [5, 5.41) is 23.8. The first-order valence-electron chi connectivity index (χ1n) is 7.54. The normalized spacial score (nSPS) is 11.0. The Kier molecular flexibility index (Phi) is 4.52. The number of aromatic amines is 2. The Hall–Kier alpha value is -3.88. The van der Waals surface area contributed by atoms with Crippen molar-refractivity contribution in [3.63, 3.8) is 0 Å². The van der Waals surface area contributed by atoms with Gasteiger partial charge in [-0.2, -0.15) is 5.11 Å². The SMILES string of the molecule is CC(=O)c1cccc(N=Nc2c(-c3ccc([N+](=O)[O-])cc3)[nH][nH]c2=O)c1. The van der Waals surface area contributed by atoms with Crippen molar-refractivity contribution in [1.82, 2.24) is 10.2 Å². The second-order valence-corrected chi connectivity index (χ2v) is 5.41. The van der Waals surface area contributed by atoms with Gasteiger partial charge in [-0.25, -0.2) is 0 Å². The second-order valence-electron chi connectivity index (χ2n) is 5.41. The first-order valence-corrected chi connectivity index (χ1v) is 7.54. The molecule has 2 aromatic carbocycles. The molecule has 0 aliphatic carbocycles. The van der Waals surface area contributed by atoms with Crippen LogP contribution in [0.3, 0.4) is 0 Å². The molecule has 0 spiro atoms. The van der Waals surface area contributed by atoms with Crippen LogP contribution < -0.4 is 5.56 Å². The van der Waals surface area contributed by atoms with Gasteiger partial charge in [-0.05, 0) is 31.2 Å². The lowest BCUT2D eigenvalue weighted by Crippen LogP contribution is -1.96. The standard InChI is InChI=1S/C17H13N5O4/c1-10(23)12-3-2-4-13(9-12)18-20-16-15(19-21-17(16)24)11-5-7-14(8-6-11)22(25)26/h2-9H,1H3,(H2,19,21,24). The summed E-state index contributed by atoms with van der Waals surface area (Å²) in [7, 11) is 0. The molecule has 3 rings (SSSR count). The molecule has 1 heterocycles. The summed E-state index contributed by atoms with van der Waals surface area (Å²) < 4.78 is 0. The lowest BCUT2D eigenvalue weighted by molar-refractivity contribution is -0.384. The number of rotatable bonds is 5. The van der Waals surface area contributed by atoms with Gasteiger partial charge in [0.15, 0.2) is 11.5 Å². The predicted molar refractivity (Wildman–Crippen MR) is 94.1 cm³/mol. The van der Waals surface area contributed by atoms with Gasteiger partial charge in [-0.1, -0.05) is 12.1 Å². The molecule has 0 fully saturated rings. The van der Waals surface area contributed by atoms with Gasteiger partial charge in [0.2, 0.25) is 0 Å². The summed E-state index contributed by atoms with van der Waals surface area (Å²) in [5.41, 5.74) is 1.30. The second kappa shape index (κ2) is 6.93. The Morgan fingerprint density at radius 3 is 2.46 bits per heavy atom. The van der Waals surface area contributed by atoms with E-state index in [1.54, 1.807) is 24.3 Å². The van der Waals surface area contributed by atoms with E-state index < -0.39 is 10.5 Å². The van der Waals surface area contributed by atoms with Gasteiger partial charge in [0.25, 0.3) is 11.2 Å². The van der Waals surface area contributed by atoms with E-state index in [0.29, 0.717) is 22.5 Å². The van der Waals surface area contributed by atoms with Crippen molar-refractivity contribution in [2.45, 2.75) is 6.92 Å². The molecule has 9 nitrogen and oxygen atoms in total. The van der Waals surface area contributed by atoms with Crippen LogP contribution in [-0.4, -0.2) is 20.9 Å². The number of hydrogen-bond acceptors (Lipinski definition) is 6. The van der Waals surface area contributed by atoms with Crippen LogP contribution >= 0.6 is 0 Å². The average molecular weight is 351 g/mol. The number of nitrogens with zero attached hydrogens (tertiary/aromatic N) is 3. The summed E-state index contributed by atoms with van der Waals surface area (Å²) in [6, 6.07) is 12.2. The van der Waals surface area contributed by atoms with Crippen LogP contribution in [0.5, 0.6) is 0 Å². The zero-order valence-electron chi connectivity index (χ0n) is 13.6. The monoisotopic (exact) mass is 351 g/mol. The van der Waals surface area contributed by atoms with Gasteiger partial charge in [0.1, 0.15) is 0 Å². The number of ketones is 1. The summed E-state index contributed by atoms with van der Waals surface area (Å²) in [4.78, 5) is 33.6. The highest BCUT2D eigenvalue weighted by Crippen LogP contribution is 2.28. The highest BCUT2D eigenvalue weighted by atomic mass is 16.6. The molecule has 0 saturated heterocycles. The summed E-state index contributed by atoms with van der Waals surface area (Å²) in [5.74, 6) is -0.104. The Labute approximate surface area is 146 Å². The van der Waals surface area contributed by atoms with Gasteiger partial charge in [-0.3, -0.25) is 29.9 Å². The summed E-state index contributed by atoms with van der Waals surface area (Å²) >= 11 is 0. The molecule has 0 aliphatic rings. The number of nitrogens with one attached hydrogen (secondary N) is 2. The fourth-order valence-electron chi connectivity index (χ4n) is 2.30. The third kappa shape index (κ3) is 3.46. The van der Waals surface area contributed by atoms with Crippen LogP contribution in [0.1, 0.15) is 17.3 Å². The number of azo groups is 1. The molecule has 1 aromatic heterocycles. The molecule has 130 valence electrons. The lowest BCUT2D eigenvalue weighted by atomic mass is 10.1. The zero-order chi connectivity index (χ0) is 18.7. The van der Waals surface area contributed by atoms with Crippen LogP contribution in [0.15, 0.2) is 63.6 Å². The largest absolute Gasteiger partial charge is 0.295 e. The van der Waals surface area contributed by atoms with E-state index >= 15 is 0 Å². The molecule has 0 bridgehead atoms. The Morgan fingerprint density at radius 1 is 1.08 bits per heavy atom.